The molecule has 1 aliphatic carbocycles. The van der Waals surface area contributed by atoms with Crippen molar-refractivity contribution in [3.63, 3.8) is 0 Å². The molecule has 0 atom stereocenters. The predicted octanol–water partition coefficient (Wildman–Crippen LogP) is 1.30. The molecule has 1 aliphatic rings. The van der Waals surface area contributed by atoms with E-state index in [1.165, 1.54) is 4.90 Å². The number of hydrogen-bond donors (Lipinski definition) is 2. The summed E-state index contributed by atoms with van der Waals surface area (Å²) in [4.78, 5) is 25.1. The Labute approximate surface area is 121 Å². The van der Waals surface area contributed by atoms with Crippen molar-refractivity contribution in [1.82, 2.24) is 10.2 Å². The van der Waals surface area contributed by atoms with Gasteiger partial charge < -0.3 is 15.3 Å². The zero-order valence-electron chi connectivity index (χ0n) is 13.2. The zero-order valence-corrected chi connectivity index (χ0v) is 13.2. The number of carbonyl (C=O) groups is 2. The third kappa shape index (κ3) is 5.90. The fraction of sp³-hybridized carbons (Fsp3) is 0.867. The van der Waals surface area contributed by atoms with Crippen molar-refractivity contribution < 1.29 is 14.7 Å². The number of aliphatic hydroxyl groups is 1. The van der Waals surface area contributed by atoms with E-state index in [0.29, 0.717) is 13.0 Å². The molecule has 0 aromatic carbocycles. The molecule has 2 N–H and O–H groups in total. The van der Waals surface area contributed by atoms with E-state index in [1.807, 2.05) is 20.8 Å². The van der Waals surface area contributed by atoms with Gasteiger partial charge in [0, 0.05) is 20.0 Å². The van der Waals surface area contributed by atoms with Gasteiger partial charge >= 0.3 is 0 Å². The van der Waals surface area contributed by atoms with Crippen LogP contribution in [0.3, 0.4) is 0 Å². The molecule has 5 nitrogen and oxygen atoms in total. The summed E-state index contributed by atoms with van der Waals surface area (Å²) >= 11 is 0. The smallest absolute Gasteiger partial charge is 0.241 e. The second-order valence-corrected chi connectivity index (χ2v) is 7.20. The van der Waals surface area contributed by atoms with Crippen LogP contribution in [0.2, 0.25) is 0 Å². The number of nitrogens with one attached hydrogen (secondary N) is 1. The molecule has 0 bridgehead atoms. The molecule has 0 saturated heterocycles. The Bertz CT molecular complexity index is 355. The van der Waals surface area contributed by atoms with Gasteiger partial charge in [-0.05, 0) is 18.3 Å². The van der Waals surface area contributed by atoms with Crippen LogP contribution in [0.5, 0.6) is 0 Å². The summed E-state index contributed by atoms with van der Waals surface area (Å²) in [6, 6.07) is 0. The van der Waals surface area contributed by atoms with Crippen molar-refractivity contribution >= 4 is 11.8 Å². The number of likely N-dealkylation sites (N-methyl/N-ethyl adjacent to an activating group) is 1. The van der Waals surface area contributed by atoms with Crippen LogP contribution in [-0.4, -0.2) is 47.6 Å². The highest BCUT2D eigenvalue weighted by molar-refractivity contribution is 5.84. The molecule has 0 spiro atoms. The lowest BCUT2D eigenvalue weighted by Gasteiger charge is -2.28. The second kappa shape index (κ2) is 6.57. The van der Waals surface area contributed by atoms with E-state index >= 15 is 0 Å². The Morgan fingerprint density at radius 2 is 1.80 bits per heavy atom. The molecule has 20 heavy (non-hydrogen) atoms. The Morgan fingerprint density at radius 3 is 2.30 bits per heavy atom. The predicted molar refractivity (Wildman–Crippen MR) is 78.1 cm³/mol. The summed E-state index contributed by atoms with van der Waals surface area (Å²) in [7, 11) is 1.68. The SMILES string of the molecule is CN(CC1(O)CCCC1)C(=O)CNC(=O)CC(C)(C)C. The van der Waals surface area contributed by atoms with Gasteiger partial charge in [-0.2, -0.15) is 0 Å². The van der Waals surface area contributed by atoms with E-state index in [9.17, 15) is 14.7 Å². The largest absolute Gasteiger partial charge is 0.388 e. The number of nitrogens with zero attached hydrogens (tertiary/aromatic N) is 1. The van der Waals surface area contributed by atoms with Crippen molar-refractivity contribution in [2.75, 3.05) is 20.1 Å². The van der Waals surface area contributed by atoms with Gasteiger partial charge in [-0.25, -0.2) is 0 Å². The van der Waals surface area contributed by atoms with Gasteiger partial charge in [-0.3, -0.25) is 9.59 Å². The molecule has 0 heterocycles. The van der Waals surface area contributed by atoms with Crippen molar-refractivity contribution in [1.29, 1.82) is 0 Å². The highest BCUT2D eigenvalue weighted by atomic mass is 16.3. The normalized spacial score (nSPS) is 17.9. The highest BCUT2D eigenvalue weighted by Crippen LogP contribution is 2.29. The Balaban J connectivity index is 2.33. The molecule has 0 aromatic heterocycles. The van der Waals surface area contributed by atoms with Crippen LogP contribution in [0.4, 0.5) is 0 Å². The Morgan fingerprint density at radius 1 is 1.25 bits per heavy atom. The van der Waals surface area contributed by atoms with Crippen molar-refractivity contribution in [2.45, 2.75) is 58.5 Å². The molecule has 1 saturated carbocycles. The minimum Gasteiger partial charge on any atom is -0.388 e. The lowest BCUT2D eigenvalue weighted by atomic mass is 9.92. The topological polar surface area (TPSA) is 69.6 Å². The second-order valence-electron chi connectivity index (χ2n) is 7.20. The van der Waals surface area contributed by atoms with Gasteiger partial charge in [0.25, 0.3) is 0 Å². The first-order valence-electron chi connectivity index (χ1n) is 7.34. The number of amides is 2. The summed E-state index contributed by atoms with van der Waals surface area (Å²) in [5.41, 5.74) is -0.822. The summed E-state index contributed by atoms with van der Waals surface area (Å²) in [5, 5.41) is 12.9. The van der Waals surface area contributed by atoms with Gasteiger partial charge in [-0.1, -0.05) is 33.6 Å². The average molecular weight is 284 g/mol. The molecule has 0 aromatic rings. The average Bonchev–Trinajstić information content (AvgIpc) is 2.70. The van der Waals surface area contributed by atoms with E-state index in [-0.39, 0.29) is 23.8 Å². The van der Waals surface area contributed by atoms with Gasteiger partial charge in [0.15, 0.2) is 0 Å². The van der Waals surface area contributed by atoms with Crippen LogP contribution < -0.4 is 5.32 Å². The van der Waals surface area contributed by atoms with E-state index in [2.05, 4.69) is 5.32 Å². The first-order chi connectivity index (χ1) is 9.11. The molecule has 5 heteroatoms. The maximum absolute atomic E-state index is 11.9. The minimum absolute atomic E-state index is 0.00148. The third-order valence-electron chi connectivity index (χ3n) is 3.62. The Kier molecular flexibility index (Phi) is 5.57. The fourth-order valence-corrected chi connectivity index (χ4v) is 2.57. The van der Waals surface area contributed by atoms with Gasteiger partial charge in [0.1, 0.15) is 0 Å². The lowest BCUT2D eigenvalue weighted by Crippen LogP contribution is -2.45. The molecule has 0 radical (unpaired) electrons. The molecule has 0 unspecified atom stereocenters. The van der Waals surface area contributed by atoms with Crippen LogP contribution in [0.25, 0.3) is 0 Å². The van der Waals surface area contributed by atoms with Crippen LogP contribution in [0.15, 0.2) is 0 Å². The summed E-state index contributed by atoms with van der Waals surface area (Å²) in [6.07, 6.45) is 3.93. The van der Waals surface area contributed by atoms with Gasteiger partial charge in [0.05, 0.1) is 12.1 Å². The first kappa shape index (κ1) is 17.0. The monoisotopic (exact) mass is 284 g/mol. The molecule has 2 amide bonds. The molecule has 1 rings (SSSR count). The molecule has 116 valence electrons. The Hall–Kier alpha value is -1.10. The van der Waals surface area contributed by atoms with Crippen molar-refractivity contribution in [3.05, 3.63) is 0 Å². The summed E-state index contributed by atoms with van der Waals surface area (Å²) in [6.45, 7) is 6.30. The lowest BCUT2D eigenvalue weighted by molar-refractivity contribution is -0.134. The quantitative estimate of drug-likeness (QED) is 0.799. The van der Waals surface area contributed by atoms with Crippen LogP contribution in [0, 0.1) is 5.41 Å². The van der Waals surface area contributed by atoms with Crippen molar-refractivity contribution in [2.24, 2.45) is 5.41 Å². The first-order valence-corrected chi connectivity index (χ1v) is 7.34. The summed E-state index contributed by atoms with van der Waals surface area (Å²) in [5.74, 6) is -0.272. The van der Waals surface area contributed by atoms with E-state index in [4.69, 9.17) is 0 Å². The van der Waals surface area contributed by atoms with Crippen LogP contribution >= 0.6 is 0 Å². The fourth-order valence-electron chi connectivity index (χ4n) is 2.57. The zero-order chi connectivity index (χ0) is 15.4. The van der Waals surface area contributed by atoms with Crippen molar-refractivity contribution in [3.8, 4) is 0 Å². The maximum Gasteiger partial charge on any atom is 0.241 e. The minimum atomic E-state index is -0.736. The highest BCUT2D eigenvalue weighted by Gasteiger charge is 2.33. The van der Waals surface area contributed by atoms with Gasteiger partial charge in [-0.15, -0.1) is 0 Å². The maximum atomic E-state index is 11.9. The molecular weight excluding hydrogens is 256 g/mol. The van der Waals surface area contributed by atoms with E-state index < -0.39 is 5.60 Å². The number of hydrogen-bond acceptors (Lipinski definition) is 3. The molecular formula is C15H28N2O3. The van der Waals surface area contributed by atoms with Crippen LogP contribution in [-0.2, 0) is 9.59 Å². The third-order valence-corrected chi connectivity index (χ3v) is 3.62. The van der Waals surface area contributed by atoms with E-state index in [1.54, 1.807) is 7.05 Å². The molecule has 1 fully saturated rings. The number of rotatable bonds is 5. The van der Waals surface area contributed by atoms with Crippen LogP contribution in [0.1, 0.15) is 52.9 Å². The van der Waals surface area contributed by atoms with Gasteiger partial charge in [0.2, 0.25) is 11.8 Å². The van der Waals surface area contributed by atoms with E-state index in [0.717, 1.165) is 25.7 Å². The summed E-state index contributed by atoms with van der Waals surface area (Å²) < 4.78 is 0. The molecule has 0 aliphatic heterocycles. The standard InChI is InChI=1S/C15H28N2O3/c1-14(2,3)9-12(18)16-10-13(19)17(4)11-15(20)7-5-6-8-15/h20H,5-11H2,1-4H3,(H,16,18). The number of carbonyl (C=O) groups excluding carboxylic acids is 2.